The molecule has 250 valence electrons. The highest BCUT2D eigenvalue weighted by Crippen LogP contribution is 2.29. The molecule has 3 heterocycles. The number of aryl methyl sites for hydroxylation is 1. The van der Waals surface area contributed by atoms with Gasteiger partial charge in [-0.1, -0.05) is 0 Å². The summed E-state index contributed by atoms with van der Waals surface area (Å²) in [6, 6.07) is 13.9. The molecule has 4 bridgehead atoms. The van der Waals surface area contributed by atoms with Gasteiger partial charge in [0.2, 0.25) is 11.7 Å². The minimum Gasteiger partial charge on any atom is -0.493 e. The fourth-order valence-corrected chi connectivity index (χ4v) is 5.59. The van der Waals surface area contributed by atoms with Gasteiger partial charge in [-0.15, -0.1) is 10.2 Å². The maximum Gasteiger partial charge on any atom is 0.258 e. The molecule has 4 aromatic rings. The lowest BCUT2D eigenvalue weighted by atomic mass is 10.0. The SMILES string of the molecule is COc1ccc2cc1OCC(=O)N[C@@H]1CN(C(=O)CCCn3nnc(-c4ccc(F)cc4)n3)CC[C@@H]1Oc1cc(F)cc(c1)CNC2=O. The molecular weight excluding hydrogens is 628 g/mol. The summed E-state index contributed by atoms with van der Waals surface area (Å²) in [6.07, 6.45) is 0.403. The fraction of sp³-hybridized carbons (Fsp3) is 0.333. The number of ether oxygens (including phenoxy) is 3. The number of tetrazole rings is 1. The van der Waals surface area contributed by atoms with E-state index in [0.29, 0.717) is 48.6 Å². The van der Waals surface area contributed by atoms with E-state index in [0.717, 1.165) is 0 Å². The standard InChI is InChI=1S/C33H33F2N7O6/c1-46-28-9-6-22-15-29(28)47-19-30(43)37-26-18-41(12-10-27(26)48-25-14-20(13-24(35)16-25)17-36-33(22)45)31(44)3-2-11-42-39-32(38-40-42)21-4-7-23(34)8-5-21/h4-9,13-16,26-27H,2-3,10-12,17-19H2,1H3,(H,36,45)(H,37,43)/t26-,27+/m1/s1. The Morgan fingerprint density at radius 1 is 1.04 bits per heavy atom. The van der Waals surface area contributed by atoms with Gasteiger partial charge >= 0.3 is 0 Å². The van der Waals surface area contributed by atoms with E-state index in [9.17, 15) is 23.2 Å². The van der Waals surface area contributed by atoms with Gasteiger partial charge < -0.3 is 29.7 Å². The molecule has 2 aliphatic rings. The number of amides is 3. The molecule has 0 radical (unpaired) electrons. The van der Waals surface area contributed by atoms with Crippen LogP contribution in [0.4, 0.5) is 8.78 Å². The molecule has 1 saturated heterocycles. The average Bonchev–Trinajstić information content (AvgIpc) is 3.55. The molecule has 1 fully saturated rings. The van der Waals surface area contributed by atoms with E-state index >= 15 is 0 Å². The van der Waals surface area contributed by atoms with Crippen LogP contribution in [0.5, 0.6) is 17.2 Å². The Hall–Kier alpha value is -5.60. The molecule has 0 aliphatic carbocycles. The lowest BCUT2D eigenvalue weighted by Crippen LogP contribution is -2.58. The molecule has 0 unspecified atom stereocenters. The van der Waals surface area contributed by atoms with E-state index in [-0.39, 0.29) is 48.3 Å². The van der Waals surface area contributed by atoms with Crippen molar-refractivity contribution >= 4 is 17.7 Å². The highest BCUT2D eigenvalue weighted by Gasteiger charge is 2.34. The summed E-state index contributed by atoms with van der Waals surface area (Å²) in [7, 11) is 1.44. The highest BCUT2D eigenvalue weighted by atomic mass is 19.1. The van der Waals surface area contributed by atoms with Crippen LogP contribution in [0.3, 0.4) is 0 Å². The van der Waals surface area contributed by atoms with Crippen molar-refractivity contribution in [3.8, 4) is 28.6 Å². The van der Waals surface area contributed by atoms with Gasteiger partial charge in [0.25, 0.3) is 11.8 Å². The van der Waals surface area contributed by atoms with Gasteiger partial charge in [0.15, 0.2) is 18.1 Å². The van der Waals surface area contributed by atoms with E-state index in [1.54, 1.807) is 35.2 Å². The number of carbonyl (C=O) groups excluding carboxylic acids is 3. The van der Waals surface area contributed by atoms with Gasteiger partial charge in [0, 0.05) is 49.7 Å². The first-order valence-corrected chi connectivity index (χ1v) is 15.4. The normalized spacial score (nSPS) is 18.1. The third-order valence-electron chi connectivity index (χ3n) is 8.01. The van der Waals surface area contributed by atoms with Crippen LogP contribution in [0.2, 0.25) is 0 Å². The van der Waals surface area contributed by atoms with Gasteiger partial charge in [-0.3, -0.25) is 14.4 Å². The Kier molecular flexibility index (Phi) is 9.73. The average molecular weight is 662 g/mol. The van der Waals surface area contributed by atoms with Gasteiger partial charge in [-0.2, -0.15) is 4.80 Å². The number of hydrogen-bond donors (Lipinski definition) is 2. The number of halogens is 2. The first kappa shape index (κ1) is 32.3. The molecule has 0 spiro atoms. The Balaban J connectivity index is 1.13. The van der Waals surface area contributed by atoms with Crippen LogP contribution in [0.1, 0.15) is 35.2 Å². The van der Waals surface area contributed by atoms with Crippen LogP contribution >= 0.6 is 0 Å². The molecule has 48 heavy (non-hydrogen) atoms. The van der Waals surface area contributed by atoms with Gasteiger partial charge in [-0.25, -0.2) is 8.78 Å². The van der Waals surface area contributed by atoms with Crippen LogP contribution in [-0.4, -0.2) is 81.8 Å². The predicted octanol–water partition coefficient (Wildman–Crippen LogP) is 2.89. The van der Waals surface area contributed by atoms with E-state index < -0.39 is 36.4 Å². The smallest absolute Gasteiger partial charge is 0.258 e. The number of likely N-dealkylation sites (tertiary alicyclic amines) is 1. The summed E-state index contributed by atoms with van der Waals surface area (Å²) in [5.41, 5.74) is 1.37. The Morgan fingerprint density at radius 2 is 1.85 bits per heavy atom. The molecule has 2 N–H and O–H groups in total. The fourth-order valence-electron chi connectivity index (χ4n) is 5.59. The van der Waals surface area contributed by atoms with Gasteiger partial charge in [0.1, 0.15) is 23.5 Å². The molecule has 3 amide bonds. The second-order valence-electron chi connectivity index (χ2n) is 11.4. The van der Waals surface area contributed by atoms with Crippen molar-refractivity contribution in [1.29, 1.82) is 0 Å². The number of rotatable bonds is 6. The van der Waals surface area contributed by atoms with Crippen molar-refractivity contribution in [2.24, 2.45) is 0 Å². The monoisotopic (exact) mass is 661 g/mol. The third kappa shape index (κ3) is 7.85. The number of nitrogens with one attached hydrogen (secondary N) is 2. The maximum absolute atomic E-state index is 14.6. The zero-order chi connectivity index (χ0) is 33.6. The third-order valence-corrected chi connectivity index (χ3v) is 8.01. The number of piperidine rings is 1. The minimum atomic E-state index is -0.637. The first-order valence-electron chi connectivity index (χ1n) is 15.4. The minimum absolute atomic E-state index is 0.0416. The molecule has 2 aliphatic heterocycles. The highest BCUT2D eigenvalue weighted by molar-refractivity contribution is 5.95. The quantitative estimate of drug-likeness (QED) is 0.318. The summed E-state index contributed by atoms with van der Waals surface area (Å²) >= 11 is 0. The summed E-state index contributed by atoms with van der Waals surface area (Å²) in [4.78, 5) is 42.3. The molecule has 3 aromatic carbocycles. The summed E-state index contributed by atoms with van der Waals surface area (Å²) in [5.74, 6) is -0.831. The van der Waals surface area contributed by atoms with E-state index in [4.69, 9.17) is 14.2 Å². The van der Waals surface area contributed by atoms with Crippen molar-refractivity contribution in [3.05, 3.63) is 83.4 Å². The van der Waals surface area contributed by atoms with Crippen LogP contribution < -0.4 is 24.8 Å². The van der Waals surface area contributed by atoms with Crippen molar-refractivity contribution in [2.45, 2.75) is 44.5 Å². The number of benzene rings is 3. The van der Waals surface area contributed by atoms with Crippen LogP contribution in [-0.2, 0) is 22.7 Å². The summed E-state index contributed by atoms with van der Waals surface area (Å²) < 4.78 is 45.1. The molecule has 1 aromatic heterocycles. The largest absolute Gasteiger partial charge is 0.493 e. The summed E-state index contributed by atoms with van der Waals surface area (Å²) in [6.45, 7) is 0.491. The Labute approximate surface area is 274 Å². The molecule has 13 nitrogen and oxygen atoms in total. The number of fused-ring (bicyclic) bond motifs is 5. The number of carbonyl (C=O) groups is 3. The number of methoxy groups -OCH3 is 1. The Morgan fingerprint density at radius 3 is 2.67 bits per heavy atom. The molecule has 6 rings (SSSR count). The molecule has 15 heteroatoms. The maximum atomic E-state index is 14.6. The lowest BCUT2D eigenvalue weighted by Gasteiger charge is -2.39. The van der Waals surface area contributed by atoms with Gasteiger partial charge in [-0.05, 0) is 71.8 Å². The van der Waals surface area contributed by atoms with Crippen LogP contribution in [0.25, 0.3) is 11.4 Å². The topological polar surface area (TPSA) is 150 Å². The van der Waals surface area contributed by atoms with Crippen LogP contribution in [0.15, 0.2) is 60.7 Å². The zero-order valence-corrected chi connectivity index (χ0v) is 26.0. The second kappa shape index (κ2) is 14.4. The summed E-state index contributed by atoms with van der Waals surface area (Å²) in [5, 5.41) is 18.0. The Bertz CT molecular complexity index is 1800. The molecule has 2 atom stereocenters. The predicted molar refractivity (Wildman–Crippen MR) is 166 cm³/mol. The second-order valence-corrected chi connectivity index (χ2v) is 11.4. The number of nitrogens with zero attached hydrogens (tertiary/aromatic N) is 5. The van der Waals surface area contributed by atoms with Crippen LogP contribution in [0, 0.1) is 11.6 Å². The zero-order valence-electron chi connectivity index (χ0n) is 26.0. The molecule has 0 saturated carbocycles. The van der Waals surface area contributed by atoms with Crippen molar-refractivity contribution < 1.29 is 37.4 Å². The molecular formula is C33H33F2N7O6. The van der Waals surface area contributed by atoms with E-state index in [1.807, 2.05) is 0 Å². The van der Waals surface area contributed by atoms with Crippen molar-refractivity contribution in [2.75, 3.05) is 26.8 Å². The van der Waals surface area contributed by atoms with E-state index in [1.165, 1.54) is 42.2 Å². The van der Waals surface area contributed by atoms with Gasteiger partial charge in [0.05, 0.1) is 19.7 Å². The van der Waals surface area contributed by atoms with Crippen molar-refractivity contribution in [3.63, 3.8) is 0 Å². The number of aromatic nitrogens is 4. The first-order chi connectivity index (χ1) is 23.2. The van der Waals surface area contributed by atoms with Crippen molar-refractivity contribution in [1.82, 2.24) is 35.7 Å². The van der Waals surface area contributed by atoms with E-state index in [2.05, 4.69) is 26.0 Å². The number of hydrogen-bond acceptors (Lipinski definition) is 9. The lowest BCUT2D eigenvalue weighted by molar-refractivity contribution is -0.135.